The van der Waals surface area contributed by atoms with Gasteiger partial charge in [-0.25, -0.2) is 4.68 Å². The van der Waals surface area contributed by atoms with Crippen molar-refractivity contribution in [2.24, 2.45) is 7.05 Å². The number of hydrogen-bond donors (Lipinski definition) is 0. The molecule has 5 rings (SSSR count). The molecule has 3 heterocycles. The van der Waals surface area contributed by atoms with E-state index in [0.717, 1.165) is 47.1 Å². The zero-order chi connectivity index (χ0) is 20.7. The molecule has 0 aliphatic heterocycles. The maximum Gasteiger partial charge on any atom is 0.141 e. The van der Waals surface area contributed by atoms with E-state index in [1.165, 1.54) is 6.20 Å². The molecule has 0 amide bonds. The molecule has 1 unspecified atom stereocenters. The number of benzene rings is 1. The van der Waals surface area contributed by atoms with Crippen molar-refractivity contribution in [1.82, 2.24) is 24.5 Å². The number of hydrogen-bond acceptors (Lipinski definition) is 6. The van der Waals surface area contributed by atoms with E-state index in [0.29, 0.717) is 16.9 Å². The Morgan fingerprint density at radius 3 is 2.80 bits per heavy atom. The smallest absolute Gasteiger partial charge is 0.141 e. The van der Waals surface area contributed by atoms with Gasteiger partial charge in [0.15, 0.2) is 0 Å². The van der Waals surface area contributed by atoms with Gasteiger partial charge in [-0.1, -0.05) is 0 Å². The highest BCUT2D eigenvalue weighted by Crippen LogP contribution is 2.35. The predicted octanol–water partition coefficient (Wildman–Crippen LogP) is 3.35. The lowest BCUT2D eigenvalue weighted by Gasteiger charge is -2.26. The first-order valence-corrected chi connectivity index (χ1v) is 9.63. The van der Waals surface area contributed by atoms with Crippen molar-refractivity contribution in [2.75, 3.05) is 0 Å². The van der Waals surface area contributed by atoms with Gasteiger partial charge >= 0.3 is 0 Å². The zero-order valence-corrected chi connectivity index (χ0v) is 16.3. The van der Waals surface area contributed by atoms with Crippen LogP contribution in [0, 0.1) is 22.7 Å². The Morgan fingerprint density at radius 1 is 1.13 bits per heavy atom. The number of nitrogens with zero attached hydrogens (tertiary/aromatic N) is 7. The Bertz CT molecular complexity index is 1350. The molecule has 0 spiro atoms. The first kappa shape index (κ1) is 17.9. The normalized spacial score (nSPS) is 15.4. The number of ether oxygens (including phenoxy) is 1. The molecule has 1 aromatic carbocycles. The number of rotatable bonds is 3. The molecular formula is C22H17N7O. The fourth-order valence-electron chi connectivity index (χ4n) is 3.99. The van der Waals surface area contributed by atoms with Gasteiger partial charge in [0.1, 0.15) is 29.7 Å². The molecule has 3 aromatic heterocycles. The summed E-state index contributed by atoms with van der Waals surface area (Å²) in [5.74, 6) is 0.704. The lowest BCUT2D eigenvalue weighted by Crippen LogP contribution is -2.19. The SMILES string of the molecule is Cn1cc(-n2ncc3ccc(OC4CCCc5c4ncc(C#N)c5C#N)cc32)cn1. The molecule has 146 valence electrons. The third kappa shape index (κ3) is 2.87. The van der Waals surface area contributed by atoms with Crippen LogP contribution in [0.5, 0.6) is 5.75 Å². The van der Waals surface area contributed by atoms with Crippen LogP contribution in [0.15, 0.2) is 43.0 Å². The van der Waals surface area contributed by atoms with Crippen LogP contribution in [0.4, 0.5) is 0 Å². The summed E-state index contributed by atoms with van der Waals surface area (Å²) in [5, 5.41) is 28.5. The van der Waals surface area contributed by atoms with Crippen molar-refractivity contribution in [3.05, 3.63) is 65.4 Å². The van der Waals surface area contributed by atoms with Crippen LogP contribution in [0.2, 0.25) is 0 Å². The van der Waals surface area contributed by atoms with Gasteiger partial charge in [0.2, 0.25) is 0 Å². The summed E-state index contributed by atoms with van der Waals surface area (Å²) in [6.45, 7) is 0. The topological polar surface area (TPSA) is 105 Å². The highest BCUT2D eigenvalue weighted by molar-refractivity contribution is 5.81. The molecule has 0 saturated heterocycles. The molecule has 0 radical (unpaired) electrons. The fourth-order valence-corrected chi connectivity index (χ4v) is 3.99. The van der Waals surface area contributed by atoms with Gasteiger partial charge in [0.05, 0.1) is 40.9 Å². The van der Waals surface area contributed by atoms with Crippen LogP contribution in [-0.2, 0) is 13.5 Å². The highest BCUT2D eigenvalue weighted by atomic mass is 16.5. The molecule has 1 aliphatic rings. The van der Waals surface area contributed by atoms with Crippen molar-refractivity contribution in [3.8, 4) is 23.6 Å². The van der Waals surface area contributed by atoms with E-state index >= 15 is 0 Å². The second kappa shape index (κ2) is 7.02. The van der Waals surface area contributed by atoms with E-state index in [1.807, 2.05) is 42.3 Å². The third-order valence-electron chi connectivity index (χ3n) is 5.40. The van der Waals surface area contributed by atoms with E-state index in [1.54, 1.807) is 10.9 Å². The van der Waals surface area contributed by atoms with Crippen LogP contribution in [-0.4, -0.2) is 24.5 Å². The molecule has 30 heavy (non-hydrogen) atoms. The minimum atomic E-state index is -0.263. The van der Waals surface area contributed by atoms with Crippen molar-refractivity contribution in [1.29, 1.82) is 10.5 Å². The minimum absolute atomic E-state index is 0.263. The van der Waals surface area contributed by atoms with Crippen LogP contribution in [0.3, 0.4) is 0 Å². The fraction of sp³-hybridized carbons (Fsp3) is 0.227. The average molecular weight is 395 g/mol. The van der Waals surface area contributed by atoms with Gasteiger partial charge in [-0.3, -0.25) is 9.67 Å². The third-order valence-corrected chi connectivity index (χ3v) is 5.40. The standard InChI is InChI=1S/C22H17N7O/c1-28-13-16(12-26-28)29-20-7-17(6-5-14(20)11-27-29)30-21-4-2-3-18-19(9-24)15(8-23)10-25-22(18)21/h5-7,10-13,21H,2-4H2,1H3. The molecular weight excluding hydrogens is 378 g/mol. The molecule has 0 N–H and O–H groups in total. The summed E-state index contributed by atoms with van der Waals surface area (Å²) in [6, 6.07) is 10.1. The second-order valence-corrected chi connectivity index (χ2v) is 7.28. The van der Waals surface area contributed by atoms with Gasteiger partial charge in [0, 0.05) is 24.7 Å². The molecule has 1 aliphatic carbocycles. The maximum absolute atomic E-state index is 9.53. The average Bonchev–Trinajstić information content (AvgIpc) is 3.38. The molecule has 0 fully saturated rings. The summed E-state index contributed by atoms with van der Waals surface area (Å²) in [4.78, 5) is 4.47. The Labute approximate surface area is 172 Å². The monoisotopic (exact) mass is 395 g/mol. The van der Waals surface area contributed by atoms with Gasteiger partial charge in [0.25, 0.3) is 0 Å². The van der Waals surface area contributed by atoms with E-state index in [4.69, 9.17) is 4.74 Å². The Balaban J connectivity index is 1.52. The van der Waals surface area contributed by atoms with E-state index in [2.05, 4.69) is 27.3 Å². The molecule has 0 bridgehead atoms. The lowest BCUT2D eigenvalue weighted by molar-refractivity contribution is 0.178. The Morgan fingerprint density at radius 2 is 2.03 bits per heavy atom. The van der Waals surface area contributed by atoms with Crippen LogP contribution >= 0.6 is 0 Å². The van der Waals surface area contributed by atoms with Gasteiger partial charge in [-0.15, -0.1) is 0 Å². The molecule has 4 aromatic rings. The summed E-state index contributed by atoms with van der Waals surface area (Å²) < 4.78 is 9.87. The molecule has 8 nitrogen and oxygen atoms in total. The van der Waals surface area contributed by atoms with E-state index in [9.17, 15) is 10.5 Å². The van der Waals surface area contributed by atoms with Crippen molar-refractivity contribution < 1.29 is 4.74 Å². The Hall–Kier alpha value is -4.17. The number of aromatic nitrogens is 5. The number of fused-ring (bicyclic) bond motifs is 2. The first-order chi connectivity index (χ1) is 14.7. The van der Waals surface area contributed by atoms with Gasteiger partial charge in [-0.05, 0) is 37.0 Å². The lowest BCUT2D eigenvalue weighted by atomic mass is 9.89. The quantitative estimate of drug-likeness (QED) is 0.527. The molecule has 0 saturated carbocycles. The van der Waals surface area contributed by atoms with Crippen LogP contribution in [0.1, 0.15) is 41.3 Å². The van der Waals surface area contributed by atoms with Crippen molar-refractivity contribution in [2.45, 2.75) is 25.4 Å². The summed E-state index contributed by atoms with van der Waals surface area (Å²) in [6.07, 6.45) is 9.09. The Kier molecular flexibility index (Phi) is 4.19. The van der Waals surface area contributed by atoms with Crippen LogP contribution in [0.25, 0.3) is 16.6 Å². The highest BCUT2D eigenvalue weighted by Gasteiger charge is 2.27. The first-order valence-electron chi connectivity index (χ1n) is 9.63. The van der Waals surface area contributed by atoms with Crippen molar-refractivity contribution in [3.63, 3.8) is 0 Å². The second-order valence-electron chi connectivity index (χ2n) is 7.28. The zero-order valence-electron chi connectivity index (χ0n) is 16.3. The number of aryl methyl sites for hydroxylation is 1. The summed E-state index contributed by atoms with van der Waals surface area (Å²) in [7, 11) is 1.87. The molecule has 8 heteroatoms. The van der Waals surface area contributed by atoms with E-state index in [-0.39, 0.29) is 6.10 Å². The number of nitriles is 2. The largest absolute Gasteiger partial charge is 0.484 e. The number of pyridine rings is 1. The maximum atomic E-state index is 9.53. The minimum Gasteiger partial charge on any atom is -0.484 e. The van der Waals surface area contributed by atoms with E-state index < -0.39 is 0 Å². The van der Waals surface area contributed by atoms with Crippen molar-refractivity contribution >= 4 is 10.9 Å². The molecule has 1 atom stereocenters. The van der Waals surface area contributed by atoms with Gasteiger partial charge < -0.3 is 4.74 Å². The predicted molar refractivity (Wildman–Crippen MR) is 108 cm³/mol. The summed E-state index contributed by atoms with van der Waals surface area (Å²) >= 11 is 0. The van der Waals surface area contributed by atoms with Crippen LogP contribution < -0.4 is 4.74 Å². The summed E-state index contributed by atoms with van der Waals surface area (Å²) in [5.41, 5.74) is 4.10. The van der Waals surface area contributed by atoms with Gasteiger partial charge in [-0.2, -0.15) is 20.7 Å².